The van der Waals surface area contributed by atoms with Crippen molar-refractivity contribution in [2.45, 2.75) is 11.8 Å². The first-order valence-electron chi connectivity index (χ1n) is 4.55. The highest BCUT2D eigenvalue weighted by molar-refractivity contribution is 9.10. The molecule has 1 rings (SSSR count). The van der Waals surface area contributed by atoms with Gasteiger partial charge in [-0.25, -0.2) is 4.79 Å². The zero-order chi connectivity index (χ0) is 13.0. The number of carbonyl (C=O) groups is 3. The molecule has 0 spiro atoms. The molecule has 0 saturated heterocycles. The minimum atomic E-state index is -0.984. The highest BCUT2D eigenvalue weighted by atomic mass is 79.9. The van der Waals surface area contributed by atoms with Crippen LogP contribution in [0.3, 0.4) is 0 Å². The molecule has 0 fully saturated rings. The summed E-state index contributed by atoms with van der Waals surface area (Å²) in [4.78, 5) is 32.9. The molecule has 8 heteroatoms. The van der Waals surface area contributed by atoms with Gasteiger partial charge in [0.2, 0.25) is 11.8 Å². The fourth-order valence-electron chi connectivity index (χ4n) is 0.975. The summed E-state index contributed by atoms with van der Waals surface area (Å²) in [6.45, 7) is 1.61. The summed E-state index contributed by atoms with van der Waals surface area (Å²) in [5.41, 5.74) is 4.82. The van der Waals surface area contributed by atoms with Crippen LogP contribution in [-0.4, -0.2) is 22.7 Å². The molecule has 0 radical (unpaired) electrons. The summed E-state index contributed by atoms with van der Waals surface area (Å²) in [5, 5.41) is 4.24. The topological polar surface area (TPSA) is 114 Å². The molecule has 1 aromatic rings. The predicted octanol–water partition coefficient (Wildman–Crippen LogP) is 0.810. The zero-order valence-corrected chi connectivity index (χ0v) is 10.4. The van der Waals surface area contributed by atoms with E-state index in [-0.39, 0.29) is 17.4 Å². The second-order valence-electron chi connectivity index (χ2n) is 3.09. The van der Waals surface area contributed by atoms with Gasteiger partial charge in [-0.15, -0.1) is 0 Å². The van der Waals surface area contributed by atoms with Gasteiger partial charge in [0, 0.05) is 0 Å². The average Bonchev–Trinajstić information content (AvgIpc) is 2.64. The molecule has 0 aliphatic heterocycles. The number of primary amides is 1. The number of amides is 4. The van der Waals surface area contributed by atoms with E-state index in [1.807, 2.05) is 5.32 Å². The SMILES string of the molecule is CC(Br)C(=O)Nc1occc1C(=O)NC(N)=O. The number of carbonyl (C=O) groups excluding carboxylic acids is 3. The maximum atomic E-state index is 11.5. The molecule has 4 amide bonds. The number of hydrogen-bond donors (Lipinski definition) is 3. The minimum Gasteiger partial charge on any atom is -0.448 e. The van der Waals surface area contributed by atoms with E-state index in [0.29, 0.717) is 0 Å². The fourth-order valence-corrected chi connectivity index (χ4v) is 1.09. The van der Waals surface area contributed by atoms with Crippen LogP contribution in [0, 0.1) is 0 Å². The number of rotatable bonds is 3. The van der Waals surface area contributed by atoms with Crippen LogP contribution in [0.4, 0.5) is 10.7 Å². The van der Waals surface area contributed by atoms with E-state index >= 15 is 0 Å². The molecule has 0 saturated carbocycles. The Labute approximate surface area is 105 Å². The Bertz CT molecular complexity index is 455. The van der Waals surface area contributed by atoms with Gasteiger partial charge in [0.15, 0.2) is 0 Å². The van der Waals surface area contributed by atoms with Crippen LogP contribution in [0.2, 0.25) is 0 Å². The number of halogens is 1. The maximum Gasteiger partial charge on any atom is 0.319 e. The number of anilines is 1. The summed E-state index contributed by atoms with van der Waals surface area (Å²) in [6, 6.07) is 0.328. The lowest BCUT2D eigenvalue weighted by Gasteiger charge is -2.05. The van der Waals surface area contributed by atoms with Gasteiger partial charge in [-0.1, -0.05) is 15.9 Å². The number of alkyl halides is 1. The second kappa shape index (κ2) is 5.48. The van der Waals surface area contributed by atoms with Crippen LogP contribution in [0.25, 0.3) is 0 Å². The summed E-state index contributed by atoms with van der Waals surface area (Å²) in [7, 11) is 0. The normalized spacial score (nSPS) is 11.6. The van der Waals surface area contributed by atoms with Gasteiger partial charge in [0.25, 0.3) is 5.91 Å². The van der Waals surface area contributed by atoms with Crippen LogP contribution in [0.5, 0.6) is 0 Å². The van der Waals surface area contributed by atoms with Gasteiger partial charge in [0.05, 0.1) is 11.1 Å². The fraction of sp³-hybridized carbons (Fsp3) is 0.222. The smallest absolute Gasteiger partial charge is 0.319 e. The molecule has 1 aromatic heterocycles. The van der Waals surface area contributed by atoms with E-state index in [4.69, 9.17) is 10.2 Å². The molecule has 0 aliphatic carbocycles. The molecular formula is C9H10BrN3O4. The minimum absolute atomic E-state index is 0.0188. The van der Waals surface area contributed by atoms with E-state index in [9.17, 15) is 14.4 Å². The maximum absolute atomic E-state index is 11.5. The molecule has 92 valence electrons. The number of furan rings is 1. The first kappa shape index (κ1) is 13.2. The van der Waals surface area contributed by atoms with Crippen LogP contribution in [-0.2, 0) is 4.79 Å². The van der Waals surface area contributed by atoms with Crippen molar-refractivity contribution in [3.8, 4) is 0 Å². The molecule has 0 bridgehead atoms. The summed E-state index contributed by atoms with van der Waals surface area (Å²) < 4.78 is 4.92. The molecule has 1 atom stereocenters. The van der Waals surface area contributed by atoms with Crippen molar-refractivity contribution in [1.82, 2.24) is 5.32 Å². The van der Waals surface area contributed by atoms with Gasteiger partial charge in [0.1, 0.15) is 5.56 Å². The van der Waals surface area contributed by atoms with Gasteiger partial charge < -0.3 is 10.2 Å². The van der Waals surface area contributed by atoms with E-state index in [1.54, 1.807) is 6.92 Å². The van der Waals surface area contributed by atoms with E-state index in [1.165, 1.54) is 12.3 Å². The first-order chi connectivity index (χ1) is 7.91. The number of nitrogens with one attached hydrogen (secondary N) is 2. The van der Waals surface area contributed by atoms with Crippen LogP contribution < -0.4 is 16.4 Å². The van der Waals surface area contributed by atoms with Crippen LogP contribution in [0.15, 0.2) is 16.7 Å². The number of urea groups is 1. The summed E-state index contributed by atoms with van der Waals surface area (Å²) in [5.74, 6) is -1.17. The van der Waals surface area contributed by atoms with Crippen LogP contribution in [0.1, 0.15) is 17.3 Å². The lowest BCUT2D eigenvalue weighted by molar-refractivity contribution is -0.115. The standard InChI is InChI=1S/C9H10BrN3O4/c1-4(10)6(14)12-8-5(2-3-17-8)7(15)13-9(11)16/h2-4H,1H3,(H,12,14)(H3,11,13,15,16). The van der Waals surface area contributed by atoms with Crippen molar-refractivity contribution in [2.75, 3.05) is 5.32 Å². The molecule has 0 aliphatic rings. The van der Waals surface area contributed by atoms with Crippen molar-refractivity contribution < 1.29 is 18.8 Å². The molecular weight excluding hydrogens is 294 g/mol. The Morgan fingerprint density at radius 3 is 2.65 bits per heavy atom. The monoisotopic (exact) mass is 303 g/mol. The first-order valence-corrected chi connectivity index (χ1v) is 5.46. The highest BCUT2D eigenvalue weighted by Gasteiger charge is 2.19. The van der Waals surface area contributed by atoms with Crippen molar-refractivity contribution in [2.24, 2.45) is 5.73 Å². The summed E-state index contributed by atoms with van der Waals surface area (Å²) in [6.07, 6.45) is 1.21. The Kier molecular flexibility index (Phi) is 4.27. The summed E-state index contributed by atoms with van der Waals surface area (Å²) >= 11 is 3.06. The highest BCUT2D eigenvalue weighted by Crippen LogP contribution is 2.17. The zero-order valence-electron chi connectivity index (χ0n) is 8.82. The third-order valence-electron chi connectivity index (χ3n) is 1.74. The van der Waals surface area contributed by atoms with Crippen LogP contribution >= 0.6 is 15.9 Å². The molecule has 7 nitrogen and oxygen atoms in total. The number of imide groups is 1. The van der Waals surface area contributed by atoms with Crippen molar-refractivity contribution in [1.29, 1.82) is 0 Å². The predicted molar refractivity (Wildman–Crippen MR) is 62.8 cm³/mol. The quantitative estimate of drug-likeness (QED) is 0.717. The Hall–Kier alpha value is -1.83. The van der Waals surface area contributed by atoms with Gasteiger partial charge in [-0.2, -0.15) is 0 Å². The number of nitrogens with two attached hydrogens (primary N) is 1. The largest absolute Gasteiger partial charge is 0.448 e. The molecule has 1 heterocycles. The van der Waals surface area contributed by atoms with E-state index < -0.39 is 16.8 Å². The number of hydrogen-bond acceptors (Lipinski definition) is 4. The van der Waals surface area contributed by atoms with Gasteiger partial charge in [-0.3, -0.25) is 20.2 Å². The Morgan fingerprint density at radius 1 is 1.47 bits per heavy atom. The lowest BCUT2D eigenvalue weighted by atomic mass is 10.3. The van der Waals surface area contributed by atoms with Crippen molar-refractivity contribution >= 4 is 39.7 Å². The molecule has 4 N–H and O–H groups in total. The third kappa shape index (κ3) is 3.59. The molecule has 17 heavy (non-hydrogen) atoms. The Balaban J connectivity index is 2.82. The average molecular weight is 304 g/mol. The lowest BCUT2D eigenvalue weighted by Crippen LogP contribution is -2.35. The molecule has 0 aromatic carbocycles. The van der Waals surface area contributed by atoms with E-state index in [2.05, 4.69) is 21.2 Å². The van der Waals surface area contributed by atoms with Crippen molar-refractivity contribution in [3.05, 3.63) is 17.9 Å². The Morgan fingerprint density at radius 2 is 2.12 bits per heavy atom. The van der Waals surface area contributed by atoms with Gasteiger partial charge >= 0.3 is 6.03 Å². The third-order valence-corrected chi connectivity index (χ3v) is 2.16. The van der Waals surface area contributed by atoms with Crippen molar-refractivity contribution in [3.63, 3.8) is 0 Å². The molecule has 1 unspecified atom stereocenters. The van der Waals surface area contributed by atoms with E-state index in [0.717, 1.165) is 0 Å². The van der Waals surface area contributed by atoms with Gasteiger partial charge in [-0.05, 0) is 13.0 Å². The second-order valence-corrected chi connectivity index (χ2v) is 4.46.